The summed E-state index contributed by atoms with van der Waals surface area (Å²) < 4.78 is 0. The maximum absolute atomic E-state index is 2.20. The van der Waals surface area contributed by atoms with Crippen LogP contribution in [0.1, 0.15) is 13.3 Å². The van der Waals surface area contributed by atoms with Crippen LogP contribution in [-0.4, -0.2) is 12.0 Å². The predicted octanol–water partition coefficient (Wildman–Crippen LogP) is 2.32. The van der Waals surface area contributed by atoms with Gasteiger partial charge in [0.15, 0.2) is 0 Å². The molecular weight excluding hydrogens is 104 g/mol. The Labute approximate surface area is 50.0 Å². The summed E-state index contributed by atoms with van der Waals surface area (Å²) in [5.74, 6) is 1.16. The molecule has 0 N–H and O–H groups in total. The topological polar surface area (TPSA) is 0 Å². The second kappa shape index (κ2) is 6.09. The molecule has 0 heterocycles. The highest BCUT2D eigenvalue weighted by molar-refractivity contribution is 7.98. The van der Waals surface area contributed by atoms with Gasteiger partial charge in [0.2, 0.25) is 0 Å². The third-order valence-electron chi connectivity index (χ3n) is 0.665. The molecule has 0 aromatic rings. The molecule has 0 aliphatic carbocycles. The summed E-state index contributed by atoms with van der Waals surface area (Å²) in [7, 11) is 0. The lowest BCUT2D eigenvalue weighted by Crippen LogP contribution is -1.63. The first-order chi connectivity index (χ1) is 3.41. The first-order valence-electron chi connectivity index (χ1n) is 2.55. The van der Waals surface area contributed by atoms with E-state index in [9.17, 15) is 0 Å². The molecule has 0 radical (unpaired) electrons. The van der Waals surface area contributed by atoms with E-state index >= 15 is 0 Å². The molecule has 0 bridgehead atoms. The van der Waals surface area contributed by atoms with Gasteiger partial charge in [0.25, 0.3) is 0 Å². The standard InChI is InChI=1S/C6H12S/c1-3-4-5-6-7-2/h4-5H,3,6H2,1-2H3/b5-4+. The van der Waals surface area contributed by atoms with Crippen molar-refractivity contribution < 1.29 is 0 Å². The van der Waals surface area contributed by atoms with Gasteiger partial charge in [-0.2, -0.15) is 11.8 Å². The van der Waals surface area contributed by atoms with Crippen LogP contribution in [0.3, 0.4) is 0 Å². The summed E-state index contributed by atoms with van der Waals surface area (Å²) in [6, 6.07) is 0. The number of rotatable bonds is 3. The van der Waals surface area contributed by atoms with Gasteiger partial charge in [0.1, 0.15) is 0 Å². The van der Waals surface area contributed by atoms with Crippen molar-refractivity contribution in [3.05, 3.63) is 12.2 Å². The van der Waals surface area contributed by atoms with Gasteiger partial charge in [0.05, 0.1) is 0 Å². The molecule has 0 aromatic carbocycles. The zero-order valence-electron chi connectivity index (χ0n) is 4.98. The van der Waals surface area contributed by atoms with E-state index in [0.717, 1.165) is 5.75 Å². The Morgan fingerprint density at radius 1 is 1.43 bits per heavy atom. The monoisotopic (exact) mass is 116 g/mol. The normalized spacial score (nSPS) is 10.6. The molecule has 0 nitrogen and oxygen atoms in total. The van der Waals surface area contributed by atoms with Crippen molar-refractivity contribution >= 4 is 11.8 Å². The summed E-state index contributed by atoms with van der Waals surface area (Å²) in [5, 5.41) is 0. The van der Waals surface area contributed by atoms with Gasteiger partial charge in [0, 0.05) is 5.75 Å². The second-order valence-corrected chi connectivity index (χ2v) is 2.25. The summed E-state index contributed by atoms with van der Waals surface area (Å²) in [4.78, 5) is 0. The van der Waals surface area contributed by atoms with Gasteiger partial charge >= 0.3 is 0 Å². The minimum atomic E-state index is 1.16. The zero-order chi connectivity index (χ0) is 5.54. The van der Waals surface area contributed by atoms with Gasteiger partial charge in [-0.25, -0.2) is 0 Å². The molecule has 0 aliphatic rings. The van der Waals surface area contributed by atoms with Crippen molar-refractivity contribution in [2.75, 3.05) is 12.0 Å². The zero-order valence-corrected chi connectivity index (χ0v) is 5.79. The van der Waals surface area contributed by atoms with Crippen LogP contribution in [0.2, 0.25) is 0 Å². The van der Waals surface area contributed by atoms with Crippen molar-refractivity contribution in [3.8, 4) is 0 Å². The third kappa shape index (κ3) is 6.09. The van der Waals surface area contributed by atoms with Crippen LogP contribution in [0.5, 0.6) is 0 Å². The van der Waals surface area contributed by atoms with E-state index < -0.39 is 0 Å². The van der Waals surface area contributed by atoms with E-state index in [4.69, 9.17) is 0 Å². The first-order valence-corrected chi connectivity index (χ1v) is 3.95. The molecule has 0 atom stereocenters. The molecule has 0 amide bonds. The lowest BCUT2D eigenvalue weighted by molar-refractivity contribution is 1.22. The molecule has 1 heteroatoms. The van der Waals surface area contributed by atoms with Crippen LogP contribution in [0.25, 0.3) is 0 Å². The largest absolute Gasteiger partial charge is 0.161 e. The van der Waals surface area contributed by atoms with Crippen LogP contribution in [0.15, 0.2) is 12.2 Å². The second-order valence-electron chi connectivity index (χ2n) is 1.33. The Morgan fingerprint density at radius 3 is 2.57 bits per heavy atom. The fourth-order valence-corrected chi connectivity index (χ4v) is 0.659. The van der Waals surface area contributed by atoms with Crippen LogP contribution in [-0.2, 0) is 0 Å². The van der Waals surface area contributed by atoms with Gasteiger partial charge in [-0.1, -0.05) is 19.1 Å². The lowest BCUT2D eigenvalue weighted by atomic mass is 10.4. The van der Waals surface area contributed by atoms with Gasteiger partial charge in [-0.3, -0.25) is 0 Å². The van der Waals surface area contributed by atoms with Crippen molar-refractivity contribution in [2.45, 2.75) is 13.3 Å². The average molecular weight is 116 g/mol. The maximum Gasteiger partial charge on any atom is 0.0110 e. The Balaban J connectivity index is 2.78. The van der Waals surface area contributed by atoms with Crippen LogP contribution in [0, 0.1) is 0 Å². The SMILES string of the molecule is CC/C=C/CSC. The van der Waals surface area contributed by atoms with Crippen molar-refractivity contribution in [2.24, 2.45) is 0 Å². The van der Waals surface area contributed by atoms with Crippen LogP contribution < -0.4 is 0 Å². The fourth-order valence-electron chi connectivity index (χ4n) is 0.331. The molecule has 0 unspecified atom stereocenters. The average Bonchev–Trinajstić information content (AvgIpc) is 1.69. The van der Waals surface area contributed by atoms with E-state index in [1.54, 1.807) is 0 Å². The van der Waals surface area contributed by atoms with Crippen molar-refractivity contribution in [1.82, 2.24) is 0 Å². The van der Waals surface area contributed by atoms with Gasteiger partial charge < -0.3 is 0 Å². The molecular formula is C6H12S. The van der Waals surface area contributed by atoms with Gasteiger partial charge in [-0.15, -0.1) is 0 Å². The van der Waals surface area contributed by atoms with Crippen LogP contribution in [0.4, 0.5) is 0 Å². The highest BCUT2D eigenvalue weighted by Crippen LogP contribution is 1.91. The molecule has 0 saturated carbocycles. The van der Waals surface area contributed by atoms with E-state index in [1.165, 1.54) is 6.42 Å². The highest BCUT2D eigenvalue weighted by Gasteiger charge is 1.67. The number of allylic oxidation sites excluding steroid dienone is 1. The fraction of sp³-hybridized carbons (Fsp3) is 0.667. The van der Waals surface area contributed by atoms with Gasteiger partial charge in [-0.05, 0) is 12.7 Å². The highest BCUT2D eigenvalue weighted by atomic mass is 32.2. The quantitative estimate of drug-likeness (QED) is 0.510. The summed E-state index contributed by atoms with van der Waals surface area (Å²) in [6.45, 7) is 2.15. The molecule has 0 aromatic heterocycles. The predicted molar refractivity (Wildman–Crippen MR) is 37.8 cm³/mol. The Hall–Kier alpha value is 0.0900. The molecule has 0 fully saturated rings. The first kappa shape index (κ1) is 7.09. The summed E-state index contributed by atoms with van der Waals surface area (Å²) in [5.41, 5.74) is 0. The van der Waals surface area contributed by atoms with Crippen molar-refractivity contribution in [3.63, 3.8) is 0 Å². The number of hydrogen-bond acceptors (Lipinski definition) is 1. The van der Waals surface area contributed by atoms with E-state index in [2.05, 4.69) is 25.3 Å². The van der Waals surface area contributed by atoms with E-state index in [-0.39, 0.29) is 0 Å². The summed E-state index contributed by atoms with van der Waals surface area (Å²) in [6.07, 6.45) is 7.67. The molecule has 0 aliphatic heterocycles. The van der Waals surface area contributed by atoms with Crippen LogP contribution >= 0.6 is 11.8 Å². The maximum atomic E-state index is 2.20. The smallest absolute Gasteiger partial charge is 0.0110 e. The minimum absolute atomic E-state index is 1.16. The minimum Gasteiger partial charge on any atom is -0.161 e. The Kier molecular flexibility index (Phi) is 6.17. The Morgan fingerprint density at radius 2 is 2.14 bits per heavy atom. The molecule has 42 valence electrons. The third-order valence-corrected chi connectivity index (χ3v) is 1.19. The Bertz CT molecular complexity index is 48.1. The van der Waals surface area contributed by atoms with Crippen molar-refractivity contribution in [1.29, 1.82) is 0 Å². The number of hydrogen-bond donors (Lipinski definition) is 0. The van der Waals surface area contributed by atoms with E-state index in [1.807, 2.05) is 11.8 Å². The molecule has 0 spiro atoms. The molecule has 0 saturated heterocycles. The molecule has 7 heavy (non-hydrogen) atoms. The van der Waals surface area contributed by atoms with E-state index in [0.29, 0.717) is 0 Å². The molecule has 0 rings (SSSR count). The summed E-state index contributed by atoms with van der Waals surface area (Å²) >= 11 is 1.85. The lowest BCUT2D eigenvalue weighted by Gasteiger charge is -1.80. The number of thioether (sulfide) groups is 1.